The summed E-state index contributed by atoms with van der Waals surface area (Å²) in [6.45, 7) is 7.59. The van der Waals surface area contributed by atoms with Crippen molar-refractivity contribution in [1.82, 2.24) is 15.2 Å². The zero-order valence-corrected chi connectivity index (χ0v) is 16.2. The monoisotopic (exact) mass is 382 g/mol. The molecule has 148 valence electrons. The first-order chi connectivity index (χ1) is 13.7. The number of piperazine rings is 1. The van der Waals surface area contributed by atoms with E-state index < -0.39 is 0 Å². The van der Waals surface area contributed by atoms with Crippen LogP contribution >= 0.6 is 0 Å². The summed E-state index contributed by atoms with van der Waals surface area (Å²) in [5, 5.41) is 2.92. The number of rotatable bonds is 6. The molecule has 0 saturated carbocycles. The van der Waals surface area contributed by atoms with Crippen LogP contribution in [0.25, 0.3) is 0 Å². The number of carbonyl (C=O) groups is 1. The van der Waals surface area contributed by atoms with Crippen molar-refractivity contribution in [1.29, 1.82) is 0 Å². The van der Waals surface area contributed by atoms with Gasteiger partial charge in [0.05, 0.1) is 0 Å². The first kappa shape index (κ1) is 18.6. The lowest BCUT2D eigenvalue weighted by molar-refractivity contribution is 0.0953. The van der Waals surface area contributed by atoms with E-state index in [0.29, 0.717) is 18.9 Å². The van der Waals surface area contributed by atoms with Crippen LogP contribution in [-0.2, 0) is 6.54 Å². The summed E-state index contributed by atoms with van der Waals surface area (Å²) in [5.41, 5.74) is 1.90. The molecular weight excluding hydrogens is 356 g/mol. The number of hydrogen-bond donors (Lipinski definition) is 1. The van der Waals surface area contributed by atoms with Crippen molar-refractivity contribution in [3.63, 3.8) is 0 Å². The van der Waals surface area contributed by atoms with Gasteiger partial charge < -0.3 is 19.7 Å². The Balaban J connectivity index is 1.33. The third-order valence-corrected chi connectivity index (χ3v) is 5.08. The second-order valence-electron chi connectivity index (χ2n) is 7.11. The highest BCUT2D eigenvalue weighted by Crippen LogP contribution is 2.32. The van der Waals surface area contributed by atoms with Crippen LogP contribution < -0.4 is 19.7 Å². The van der Waals surface area contributed by atoms with E-state index in [1.54, 1.807) is 12.3 Å². The van der Waals surface area contributed by atoms with Crippen LogP contribution in [0.4, 0.5) is 5.82 Å². The van der Waals surface area contributed by atoms with Crippen LogP contribution in [0.3, 0.4) is 0 Å². The largest absolute Gasteiger partial charge is 0.454 e. The lowest BCUT2D eigenvalue weighted by atomic mass is 10.1. The van der Waals surface area contributed by atoms with Gasteiger partial charge in [-0.25, -0.2) is 4.98 Å². The van der Waals surface area contributed by atoms with Gasteiger partial charge >= 0.3 is 0 Å². The molecule has 1 amide bonds. The molecule has 28 heavy (non-hydrogen) atoms. The molecule has 1 saturated heterocycles. The first-order valence-electron chi connectivity index (χ1n) is 9.83. The quantitative estimate of drug-likeness (QED) is 0.827. The van der Waals surface area contributed by atoms with Gasteiger partial charge in [0, 0.05) is 51.0 Å². The van der Waals surface area contributed by atoms with Gasteiger partial charge in [-0.2, -0.15) is 0 Å². The molecule has 2 aromatic rings. The molecule has 0 bridgehead atoms. The van der Waals surface area contributed by atoms with Gasteiger partial charge in [-0.15, -0.1) is 0 Å². The minimum absolute atomic E-state index is 0.0352. The fourth-order valence-corrected chi connectivity index (χ4v) is 3.51. The number of hydrogen-bond acceptors (Lipinski definition) is 6. The topological polar surface area (TPSA) is 66.9 Å². The number of ether oxygens (including phenoxy) is 2. The SMILES string of the molecule is CCCNC(=O)c1ccnc(N2CCN(Cc3ccc4c(c3)OCO4)CC2)c1. The van der Waals surface area contributed by atoms with Gasteiger partial charge in [0.2, 0.25) is 6.79 Å². The average molecular weight is 382 g/mol. The predicted octanol–water partition coefficient (Wildman–Crippen LogP) is 2.27. The molecule has 1 aromatic heterocycles. The number of pyridine rings is 1. The Kier molecular flexibility index (Phi) is 5.62. The smallest absolute Gasteiger partial charge is 0.251 e. The Morgan fingerprint density at radius 1 is 1.11 bits per heavy atom. The van der Waals surface area contributed by atoms with E-state index in [0.717, 1.165) is 56.5 Å². The van der Waals surface area contributed by atoms with E-state index in [9.17, 15) is 4.79 Å². The Morgan fingerprint density at radius 2 is 1.93 bits per heavy atom. The van der Waals surface area contributed by atoms with Crippen LogP contribution in [0.1, 0.15) is 29.3 Å². The Hall–Kier alpha value is -2.80. The van der Waals surface area contributed by atoms with Gasteiger partial charge in [-0.05, 0) is 36.2 Å². The number of carbonyl (C=O) groups excluding carboxylic acids is 1. The lowest BCUT2D eigenvalue weighted by Crippen LogP contribution is -2.46. The van der Waals surface area contributed by atoms with E-state index in [1.807, 2.05) is 19.1 Å². The number of benzene rings is 1. The molecule has 2 aliphatic rings. The van der Waals surface area contributed by atoms with Crippen molar-refractivity contribution in [3.05, 3.63) is 47.7 Å². The summed E-state index contributed by atoms with van der Waals surface area (Å²) in [6.07, 6.45) is 2.64. The highest BCUT2D eigenvalue weighted by atomic mass is 16.7. The Bertz CT molecular complexity index is 834. The number of amides is 1. The van der Waals surface area contributed by atoms with Crippen molar-refractivity contribution < 1.29 is 14.3 Å². The summed E-state index contributed by atoms with van der Waals surface area (Å²) >= 11 is 0. The molecule has 7 heteroatoms. The van der Waals surface area contributed by atoms with E-state index in [4.69, 9.17) is 9.47 Å². The van der Waals surface area contributed by atoms with Gasteiger partial charge in [-0.1, -0.05) is 13.0 Å². The molecule has 1 N–H and O–H groups in total. The standard InChI is InChI=1S/C21H26N4O3/c1-2-6-23-21(26)17-5-7-22-20(13-17)25-10-8-24(9-11-25)14-16-3-4-18-19(12-16)28-15-27-18/h3-5,7,12-13H,2,6,8-11,14-15H2,1H3,(H,23,26). The summed E-state index contributed by atoms with van der Waals surface area (Å²) in [6, 6.07) is 9.80. The third kappa shape index (κ3) is 4.20. The zero-order chi connectivity index (χ0) is 19.3. The fourth-order valence-electron chi connectivity index (χ4n) is 3.51. The maximum Gasteiger partial charge on any atom is 0.251 e. The molecule has 0 atom stereocenters. The van der Waals surface area contributed by atoms with Crippen LogP contribution in [-0.4, -0.2) is 55.3 Å². The predicted molar refractivity (Wildman–Crippen MR) is 107 cm³/mol. The highest BCUT2D eigenvalue weighted by Gasteiger charge is 2.20. The molecule has 3 heterocycles. The maximum atomic E-state index is 12.2. The Morgan fingerprint density at radius 3 is 2.75 bits per heavy atom. The van der Waals surface area contributed by atoms with E-state index in [-0.39, 0.29) is 5.91 Å². The van der Waals surface area contributed by atoms with Gasteiger partial charge in [0.15, 0.2) is 11.5 Å². The molecular formula is C21H26N4O3. The van der Waals surface area contributed by atoms with Crippen LogP contribution in [0, 0.1) is 0 Å². The first-order valence-corrected chi connectivity index (χ1v) is 9.83. The van der Waals surface area contributed by atoms with Crippen molar-refractivity contribution in [2.75, 3.05) is 44.4 Å². The fraction of sp³-hybridized carbons (Fsp3) is 0.429. The highest BCUT2D eigenvalue weighted by molar-refractivity contribution is 5.94. The molecule has 1 fully saturated rings. The molecule has 0 spiro atoms. The second kappa shape index (κ2) is 8.48. The van der Waals surface area contributed by atoms with Crippen LogP contribution in [0.5, 0.6) is 11.5 Å². The molecule has 1 aromatic carbocycles. The molecule has 7 nitrogen and oxygen atoms in total. The molecule has 0 radical (unpaired) electrons. The normalized spacial score (nSPS) is 16.2. The molecule has 2 aliphatic heterocycles. The van der Waals surface area contributed by atoms with E-state index in [1.165, 1.54) is 5.56 Å². The molecule has 0 aliphatic carbocycles. The van der Waals surface area contributed by atoms with Crippen LogP contribution in [0.15, 0.2) is 36.5 Å². The molecule has 0 unspecified atom stereocenters. The summed E-state index contributed by atoms with van der Waals surface area (Å²) in [4.78, 5) is 21.3. The third-order valence-electron chi connectivity index (χ3n) is 5.08. The molecule has 4 rings (SSSR count). The number of nitrogens with one attached hydrogen (secondary N) is 1. The summed E-state index contributed by atoms with van der Waals surface area (Å²) in [7, 11) is 0. The van der Waals surface area contributed by atoms with Crippen molar-refractivity contribution in [3.8, 4) is 11.5 Å². The van der Waals surface area contributed by atoms with Crippen molar-refractivity contribution >= 4 is 11.7 Å². The summed E-state index contributed by atoms with van der Waals surface area (Å²) in [5.74, 6) is 2.49. The van der Waals surface area contributed by atoms with E-state index in [2.05, 4.69) is 32.2 Å². The number of fused-ring (bicyclic) bond motifs is 1. The van der Waals surface area contributed by atoms with Gasteiger partial charge in [0.1, 0.15) is 5.82 Å². The van der Waals surface area contributed by atoms with Gasteiger partial charge in [-0.3, -0.25) is 9.69 Å². The minimum Gasteiger partial charge on any atom is -0.454 e. The zero-order valence-electron chi connectivity index (χ0n) is 16.2. The minimum atomic E-state index is -0.0352. The van der Waals surface area contributed by atoms with Gasteiger partial charge in [0.25, 0.3) is 5.91 Å². The second-order valence-corrected chi connectivity index (χ2v) is 7.11. The lowest BCUT2D eigenvalue weighted by Gasteiger charge is -2.35. The Labute approximate surface area is 165 Å². The van der Waals surface area contributed by atoms with Crippen molar-refractivity contribution in [2.45, 2.75) is 19.9 Å². The summed E-state index contributed by atoms with van der Waals surface area (Å²) < 4.78 is 10.8. The van der Waals surface area contributed by atoms with E-state index >= 15 is 0 Å². The number of anilines is 1. The van der Waals surface area contributed by atoms with Crippen LogP contribution in [0.2, 0.25) is 0 Å². The maximum absolute atomic E-state index is 12.2. The average Bonchev–Trinajstić information content (AvgIpc) is 3.20. The number of aromatic nitrogens is 1. The van der Waals surface area contributed by atoms with Crippen molar-refractivity contribution in [2.24, 2.45) is 0 Å². The number of nitrogens with zero attached hydrogens (tertiary/aromatic N) is 3.